The van der Waals surface area contributed by atoms with Crippen molar-refractivity contribution in [1.29, 1.82) is 0 Å². The Morgan fingerprint density at radius 2 is 2.06 bits per heavy atom. The van der Waals surface area contributed by atoms with E-state index in [1.54, 1.807) is 6.92 Å². The third-order valence-electron chi connectivity index (χ3n) is 3.95. The highest BCUT2D eigenvalue weighted by Crippen LogP contribution is 2.60. The molecule has 1 atom stereocenters. The number of carboxylic acid groups (broad SMARTS) is 1. The topological polar surface area (TPSA) is 78.4 Å². The molecule has 0 radical (unpaired) electrons. The minimum absolute atomic E-state index is 0.349. The van der Waals surface area contributed by atoms with Crippen LogP contribution < -0.4 is 10.6 Å². The van der Waals surface area contributed by atoms with Gasteiger partial charge in [0.2, 0.25) is 0 Å². The van der Waals surface area contributed by atoms with Crippen LogP contribution in [0.5, 0.6) is 0 Å². The molecule has 2 amide bonds. The summed E-state index contributed by atoms with van der Waals surface area (Å²) in [7, 11) is 0. The van der Waals surface area contributed by atoms with E-state index < -0.39 is 12.0 Å². The maximum Gasteiger partial charge on any atom is 0.326 e. The lowest BCUT2D eigenvalue weighted by molar-refractivity contribution is -0.139. The zero-order chi connectivity index (χ0) is 12.5. The van der Waals surface area contributed by atoms with Crippen LogP contribution in [0.1, 0.15) is 39.0 Å². The predicted molar refractivity (Wildman–Crippen MR) is 62.6 cm³/mol. The fourth-order valence-electron chi connectivity index (χ4n) is 2.39. The van der Waals surface area contributed by atoms with Gasteiger partial charge in [0.1, 0.15) is 6.04 Å². The summed E-state index contributed by atoms with van der Waals surface area (Å²) >= 11 is 0. The summed E-state index contributed by atoms with van der Waals surface area (Å²) in [4.78, 5) is 22.3. The average Bonchev–Trinajstić information content (AvgIpc) is 3.15. The molecule has 0 bridgehead atoms. The molecule has 0 aliphatic heterocycles. The van der Waals surface area contributed by atoms with Gasteiger partial charge in [-0.15, -0.1) is 0 Å². The molecule has 2 rings (SSSR count). The zero-order valence-electron chi connectivity index (χ0n) is 10.2. The number of carbonyl (C=O) groups is 2. The van der Waals surface area contributed by atoms with Gasteiger partial charge in [0, 0.05) is 6.54 Å². The maximum atomic E-state index is 11.5. The molecule has 2 aliphatic rings. The van der Waals surface area contributed by atoms with Crippen LogP contribution >= 0.6 is 0 Å². The largest absolute Gasteiger partial charge is 0.480 e. The zero-order valence-corrected chi connectivity index (χ0v) is 10.2. The molecule has 3 N–H and O–H groups in total. The highest BCUT2D eigenvalue weighted by atomic mass is 16.4. The van der Waals surface area contributed by atoms with E-state index in [1.165, 1.54) is 25.7 Å². The van der Waals surface area contributed by atoms with Crippen molar-refractivity contribution in [2.45, 2.75) is 45.1 Å². The first-order valence-corrected chi connectivity index (χ1v) is 6.34. The first-order valence-electron chi connectivity index (χ1n) is 6.34. The molecule has 0 aromatic rings. The van der Waals surface area contributed by atoms with Crippen LogP contribution in [0.4, 0.5) is 4.79 Å². The maximum absolute atomic E-state index is 11.5. The lowest BCUT2D eigenvalue weighted by Gasteiger charge is -2.17. The van der Waals surface area contributed by atoms with E-state index in [4.69, 9.17) is 5.11 Å². The van der Waals surface area contributed by atoms with Gasteiger partial charge in [-0.25, -0.2) is 9.59 Å². The fraction of sp³-hybridized carbons (Fsp3) is 0.833. The summed E-state index contributed by atoms with van der Waals surface area (Å²) in [6.07, 6.45) is 5.38. The average molecular weight is 240 g/mol. The molecular weight excluding hydrogens is 220 g/mol. The van der Waals surface area contributed by atoms with Crippen molar-refractivity contribution in [3.8, 4) is 0 Å². The number of hydrogen-bond acceptors (Lipinski definition) is 2. The summed E-state index contributed by atoms with van der Waals surface area (Å²) in [6, 6.07) is -1.14. The lowest BCUT2D eigenvalue weighted by Crippen LogP contribution is -2.47. The Morgan fingerprint density at radius 1 is 1.41 bits per heavy atom. The molecule has 5 heteroatoms. The second-order valence-electron chi connectivity index (χ2n) is 5.26. The van der Waals surface area contributed by atoms with Crippen LogP contribution in [-0.4, -0.2) is 29.7 Å². The van der Waals surface area contributed by atoms with Gasteiger partial charge in [-0.3, -0.25) is 0 Å². The summed E-state index contributed by atoms with van der Waals surface area (Å²) in [6.45, 7) is 2.44. The second-order valence-corrected chi connectivity index (χ2v) is 5.26. The van der Waals surface area contributed by atoms with Crippen LogP contribution in [-0.2, 0) is 4.79 Å². The molecule has 17 heavy (non-hydrogen) atoms. The number of aliphatic carboxylic acids is 1. The first kappa shape index (κ1) is 12.2. The standard InChI is InChI=1S/C12H20N2O3/c1-2-9(10(15)16)14-11(17)13-7-12(5-6-12)8-3-4-8/h8-9H,2-7H2,1H3,(H,15,16)(H2,13,14,17). The number of carbonyl (C=O) groups excluding carboxylic acids is 1. The Balaban J connectivity index is 1.72. The van der Waals surface area contributed by atoms with E-state index in [1.807, 2.05) is 0 Å². The van der Waals surface area contributed by atoms with Crippen molar-refractivity contribution in [3.63, 3.8) is 0 Å². The SMILES string of the molecule is CCC(NC(=O)NCC1(C2CC2)CC1)C(=O)O. The van der Waals surface area contributed by atoms with Gasteiger partial charge in [-0.1, -0.05) is 6.92 Å². The van der Waals surface area contributed by atoms with E-state index in [-0.39, 0.29) is 6.03 Å². The van der Waals surface area contributed by atoms with Gasteiger partial charge in [-0.05, 0) is 43.4 Å². The molecule has 0 spiro atoms. The first-order chi connectivity index (χ1) is 8.07. The van der Waals surface area contributed by atoms with Crippen LogP contribution in [0.15, 0.2) is 0 Å². The molecule has 2 fully saturated rings. The van der Waals surface area contributed by atoms with Gasteiger partial charge in [0.25, 0.3) is 0 Å². The second kappa shape index (κ2) is 4.55. The van der Waals surface area contributed by atoms with E-state index >= 15 is 0 Å². The summed E-state index contributed by atoms with van der Waals surface area (Å²) in [5.74, 6) is -0.185. The van der Waals surface area contributed by atoms with Gasteiger partial charge in [-0.2, -0.15) is 0 Å². The molecule has 1 unspecified atom stereocenters. The summed E-state index contributed by atoms with van der Waals surface area (Å²) in [5, 5.41) is 14.1. The molecule has 0 aromatic heterocycles. The van der Waals surface area contributed by atoms with E-state index in [0.717, 1.165) is 5.92 Å². The Labute approximate surface area is 101 Å². The fourth-order valence-corrected chi connectivity index (χ4v) is 2.39. The Bertz CT molecular complexity index is 322. The summed E-state index contributed by atoms with van der Waals surface area (Å²) < 4.78 is 0. The van der Waals surface area contributed by atoms with Crippen LogP contribution in [0.2, 0.25) is 0 Å². The van der Waals surface area contributed by atoms with Crippen molar-refractivity contribution in [2.75, 3.05) is 6.54 Å². The Morgan fingerprint density at radius 3 is 2.47 bits per heavy atom. The molecular formula is C12H20N2O3. The highest BCUT2D eigenvalue weighted by molar-refractivity contribution is 5.82. The van der Waals surface area contributed by atoms with Crippen molar-refractivity contribution < 1.29 is 14.7 Å². The van der Waals surface area contributed by atoms with Gasteiger partial charge in [0.05, 0.1) is 0 Å². The Kier molecular flexibility index (Phi) is 3.26. The monoisotopic (exact) mass is 240 g/mol. The van der Waals surface area contributed by atoms with Crippen LogP contribution in [0.25, 0.3) is 0 Å². The van der Waals surface area contributed by atoms with Crippen molar-refractivity contribution in [1.82, 2.24) is 10.6 Å². The van der Waals surface area contributed by atoms with E-state index in [0.29, 0.717) is 18.4 Å². The molecule has 0 saturated heterocycles. The van der Waals surface area contributed by atoms with Gasteiger partial charge < -0.3 is 15.7 Å². The quantitative estimate of drug-likeness (QED) is 0.655. The van der Waals surface area contributed by atoms with Gasteiger partial charge in [0.15, 0.2) is 0 Å². The minimum Gasteiger partial charge on any atom is -0.480 e. The number of rotatable bonds is 6. The van der Waals surface area contributed by atoms with Crippen molar-refractivity contribution in [2.24, 2.45) is 11.3 Å². The minimum atomic E-state index is -0.981. The molecule has 0 heterocycles. The lowest BCUT2D eigenvalue weighted by atomic mass is 10.0. The van der Waals surface area contributed by atoms with Crippen LogP contribution in [0, 0.1) is 11.3 Å². The Hall–Kier alpha value is -1.26. The van der Waals surface area contributed by atoms with Crippen molar-refractivity contribution >= 4 is 12.0 Å². The number of amides is 2. The number of urea groups is 1. The third-order valence-corrected chi connectivity index (χ3v) is 3.95. The molecule has 5 nitrogen and oxygen atoms in total. The third kappa shape index (κ3) is 2.90. The predicted octanol–water partition coefficient (Wildman–Crippen LogP) is 1.34. The molecule has 2 aliphatic carbocycles. The number of hydrogen-bond donors (Lipinski definition) is 3. The smallest absolute Gasteiger partial charge is 0.326 e. The molecule has 0 aromatic carbocycles. The van der Waals surface area contributed by atoms with Crippen LogP contribution in [0.3, 0.4) is 0 Å². The number of carboxylic acids is 1. The molecule has 2 saturated carbocycles. The number of nitrogens with one attached hydrogen (secondary N) is 2. The van der Waals surface area contributed by atoms with E-state index in [9.17, 15) is 9.59 Å². The van der Waals surface area contributed by atoms with E-state index in [2.05, 4.69) is 10.6 Å². The summed E-state index contributed by atoms with van der Waals surface area (Å²) in [5.41, 5.74) is 0.349. The normalized spacial score (nSPS) is 22.6. The van der Waals surface area contributed by atoms with Gasteiger partial charge >= 0.3 is 12.0 Å². The van der Waals surface area contributed by atoms with Crippen molar-refractivity contribution in [3.05, 3.63) is 0 Å². The molecule has 96 valence electrons. The highest BCUT2D eigenvalue weighted by Gasteiger charge is 2.53.